The quantitative estimate of drug-likeness (QED) is 0.563. The number of imidazole rings is 1. The van der Waals surface area contributed by atoms with Gasteiger partial charge in [-0.1, -0.05) is 18.2 Å². The summed E-state index contributed by atoms with van der Waals surface area (Å²) in [6, 6.07) is 12.1. The highest BCUT2D eigenvalue weighted by atomic mass is 35.5. The Hall–Kier alpha value is -2.40. The van der Waals surface area contributed by atoms with Gasteiger partial charge in [-0.15, -0.1) is 12.4 Å². The van der Waals surface area contributed by atoms with Gasteiger partial charge in [-0.05, 0) is 24.3 Å². The smallest absolute Gasteiger partial charge is 0.136 e. The predicted molar refractivity (Wildman–Crippen MR) is 79.3 cm³/mol. The van der Waals surface area contributed by atoms with Crippen molar-refractivity contribution in [1.82, 2.24) is 9.55 Å². The van der Waals surface area contributed by atoms with Crippen molar-refractivity contribution in [3.8, 4) is 5.69 Å². The van der Waals surface area contributed by atoms with Gasteiger partial charge in [0.1, 0.15) is 18.0 Å². The monoisotopic (exact) mass is 290 g/mol. The summed E-state index contributed by atoms with van der Waals surface area (Å²) in [6.45, 7) is 0. The number of hydrogen-bond donors (Lipinski definition) is 2. The molecule has 0 saturated heterocycles. The van der Waals surface area contributed by atoms with Crippen molar-refractivity contribution in [2.45, 2.75) is 0 Å². The van der Waals surface area contributed by atoms with Crippen LogP contribution in [0.1, 0.15) is 5.56 Å². The Morgan fingerprint density at radius 1 is 1.15 bits per heavy atom. The first kappa shape index (κ1) is 14.0. The van der Waals surface area contributed by atoms with Crippen LogP contribution in [0.3, 0.4) is 0 Å². The molecule has 0 atom stereocenters. The lowest BCUT2D eigenvalue weighted by atomic mass is 10.1. The summed E-state index contributed by atoms with van der Waals surface area (Å²) in [5.41, 5.74) is 7.73. The average Bonchev–Trinajstić information content (AvgIpc) is 2.81. The Morgan fingerprint density at radius 3 is 2.65 bits per heavy atom. The summed E-state index contributed by atoms with van der Waals surface area (Å²) in [7, 11) is 0. The lowest BCUT2D eigenvalue weighted by Crippen LogP contribution is -2.16. The number of hydrogen-bond acceptors (Lipinski definition) is 2. The maximum absolute atomic E-state index is 13.8. The second-order valence-corrected chi connectivity index (χ2v) is 4.15. The molecule has 0 aliphatic heterocycles. The predicted octanol–water partition coefficient (Wildman–Crippen LogP) is 2.87. The number of amidine groups is 1. The van der Waals surface area contributed by atoms with Crippen LogP contribution in [0.5, 0.6) is 0 Å². The van der Waals surface area contributed by atoms with E-state index in [2.05, 4.69) is 4.98 Å². The molecule has 0 unspecified atom stereocenters. The Kier molecular flexibility index (Phi) is 3.72. The van der Waals surface area contributed by atoms with Gasteiger partial charge >= 0.3 is 0 Å². The number of nitrogens with one attached hydrogen (secondary N) is 1. The van der Waals surface area contributed by atoms with Crippen molar-refractivity contribution in [2.24, 2.45) is 5.73 Å². The molecule has 1 heterocycles. The van der Waals surface area contributed by atoms with E-state index in [9.17, 15) is 4.39 Å². The highest BCUT2D eigenvalue weighted by molar-refractivity contribution is 5.99. The van der Waals surface area contributed by atoms with Crippen LogP contribution in [0.15, 0.2) is 48.8 Å². The van der Waals surface area contributed by atoms with Crippen molar-refractivity contribution in [1.29, 1.82) is 5.41 Å². The number of para-hydroxylation sites is 2. The first-order valence-electron chi connectivity index (χ1n) is 5.74. The maximum atomic E-state index is 13.8. The number of nitrogens with zero attached hydrogens (tertiary/aromatic N) is 2. The Labute approximate surface area is 121 Å². The van der Waals surface area contributed by atoms with Crippen molar-refractivity contribution in [3.05, 3.63) is 60.2 Å². The molecule has 0 radical (unpaired) electrons. The molecule has 0 spiro atoms. The number of halogens is 2. The van der Waals surface area contributed by atoms with E-state index in [1.807, 2.05) is 24.3 Å². The molecule has 1 aromatic heterocycles. The molecular weight excluding hydrogens is 279 g/mol. The summed E-state index contributed by atoms with van der Waals surface area (Å²) in [5, 5.41) is 7.53. The molecule has 0 saturated carbocycles. The van der Waals surface area contributed by atoms with Crippen LogP contribution >= 0.6 is 12.4 Å². The Bertz CT molecular complexity index is 782. The minimum atomic E-state index is -0.511. The van der Waals surface area contributed by atoms with Crippen LogP contribution in [0.25, 0.3) is 16.7 Å². The summed E-state index contributed by atoms with van der Waals surface area (Å²) < 4.78 is 15.6. The number of nitrogens with two attached hydrogens (primary N) is 1. The third-order valence-corrected chi connectivity index (χ3v) is 2.97. The summed E-state index contributed by atoms with van der Waals surface area (Å²) in [6.07, 6.45) is 1.60. The van der Waals surface area contributed by atoms with Gasteiger partial charge in [-0.2, -0.15) is 0 Å². The fourth-order valence-corrected chi connectivity index (χ4v) is 2.13. The molecule has 0 fully saturated rings. The molecule has 0 aliphatic rings. The third kappa shape index (κ3) is 2.12. The van der Waals surface area contributed by atoms with E-state index in [1.165, 1.54) is 6.07 Å². The van der Waals surface area contributed by atoms with Crippen molar-refractivity contribution < 1.29 is 4.39 Å². The molecule has 0 aliphatic carbocycles. The molecule has 2 aromatic carbocycles. The molecular formula is C14H12ClFN4. The third-order valence-electron chi connectivity index (χ3n) is 2.97. The van der Waals surface area contributed by atoms with Crippen molar-refractivity contribution in [2.75, 3.05) is 0 Å². The van der Waals surface area contributed by atoms with E-state index in [-0.39, 0.29) is 23.8 Å². The summed E-state index contributed by atoms with van der Waals surface area (Å²) >= 11 is 0. The second-order valence-electron chi connectivity index (χ2n) is 4.15. The van der Waals surface area contributed by atoms with Crippen LogP contribution in [0, 0.1) is 11.2 Å². The highest BCUT2D eigenvalue weighted by Crippen LogP contribution is 2.22. The number of fused-ring (bicyclic) bond motifs is 1. The van der Waals surface area contributed by atoms with Gasteiger partial charge in [0, 0.05) is 0 Å². The lowest BCUT2D eigenvalue weighted by Gasteiger charge is -2.10. The minimum absolute atomic E-state index is 0. The zero-order valence-electron chi connectivity index (χ0n) is 10.4. The molecule has 3 rings (SSSR count). The maximum Gasteiger partial charge on any atom is 0.136 e. The molecule has 4 nitrogen and oxygen atoms in total. The van der Waals surface area contributed by atoms with Crippen LogP contribution in [0.2, 0.25) is 0 Å². The first-order valence-corrected chi connectivity index (χ1v) is 5.74. The topological polar surface area (TPSA) is 67.7 Å². The van der Waals surface area contributed by atoms with E-state index >= 15 is 0 Å². The lowest BCUT2D eigenvalue weighted by molar-refractivity contribution is 0.623. The SMILES string of the molecule is Cl.N=C(N)c1c(F)cccc1-n1cnc2ccccc21. The number of benzene rings is 2. The van der Waals surface area contributed by atoms with E-state index in [0.29, 0.717) is 5.69 Å². The zero-order valence-corrected chi connectivity index (χ0v) is 11.2. The van der Waals surface area contributed by atoms with Gasteiger partial charge in [-0.25, -0.2) is 9.37 Å². The van der Waals surface area contributed by atoms with Gasteiger partial charge in [-0.3, -0.25) is 9.98 Å². The molecule has 0 amide bonds. The Morgan fingerprint density at radius 2 is 1.90 bits per heavy atom. The minimum Gasteiger partial charge on any atom is -0.384 e. The fraction of sp³-hybridized carbons (Fsp3) is 0. The van der Waals surface area contributed by atoms with Gasteiger partial charge in [0.2, 0.25) is 0 Å². The van der Waals surface area contributed by atoms with E-state index in [4.69, 9.17) is 11.1 Å². The number of rotatable bonds is 2. The number of aromatic nitrogens is 2. The van der Waals surface area contributed by atoms with E-state index in [0.717, 1.165) is 11.0 Å². The van der Waals surface area contributed by atoms with E-state index < -0.39 is 5.82 Å². The van der Waals surface area contributed by atoms with Crippen LogP contribution in [0.4, 0.5) is 4.39 Å². The molecule has 3 aromatic rings. The zero-order chi connectivity index (χ0) is 13.4. The molecule has 0 bridgehead atoms. The summed E-state index contributed by atoms with van der Waals surface area (Å²) in [4.78, 5) is 4.25. The fourth-order valence-electron chi connectivity index (χ4n) is 2.13. The van der Waals surface area contributed by atoms with Gasteiger partial charge in [0.25, 0.3) is 0 Å². The van der Waals surface area contributed by atoms with Gasteiger partial charge in [0.05, 0.1) is 22.3 Å². The average molecular weight is 291 g/mol. The first-order chi connectivity index (χ1) is 9.18. The molecule has 3 N–H and O–H groups in total. The van der Waals surface area contributed by atoms with Crippen LogP contribution in [-0.2, 0) is 0 Å². The summed E-state index contributed by atoms with van der Waals surface area (Å²) in [5.74, 6) is -0.811. The largest absolute Gasteiger partial charge is 0.384 e. The molecule has 20 heavy (non-hydrogen) atoms. The van der Waals surface area contributed by atoms with Gasteiger partial charge in [0.15, 0.2) is 0 Å². The van der Waals surface area contributed by atoms with Crippen LogP contribution in [-0.4, -0.2) is 15.4 Å². The number of nitrogen functional groups attached to an aromatic ring is 1. The van der Waals surface area contributed by atoms with Crippen molar-refractivity contribution in [3.63, 3.8) is 0 Å². The molecule has 6 heteroatoms. The van der Waals surface area contributed by atoms with Crippen molar-refractivity contribution >= 4 is 29.3 Å². The highest BCUT2D eigenvalue weighted by Gasteiger charge is 2.14. The van der Waals surface area contributed by atoms with E-state index in [1.54, 1.807) is 23.0 Å². The standard InChI is InChI=1S/C14H11FN4.ClH/c15-9-4-3-7-12(13(9)14(16)17)19-8-18-10-5-1-2-6-11(10)19;/h1-8H,(H3,16,17);1H. The second kappa shape index (κ2) is 5.30. The van der Waals surface area contributed by atoms with Crippen LogP contribution < -0.4 is 5.73 Å². The Balaban J connectivity index is 0.00000147. The van der Waals surface area contributed by atoms with Gasteiger partial charge < -0.3 is 5.73 Å². The molecule has 102 valence electrons. The normalized spacial score (nSPS) is 10.2.